The molecule has 0 spiro atoms. The van der Waals surface area contributed by atoms with Gasteiger partial charge in [0.15, 0.2) is 0 Å². The third-order valence-electron chi connectivity index (χ3n) is 2.97. The number of anilines is 1. The van der Waals surface area contributed by atoms with E-state index in [-0.39, 0.29) is 6.61 Å². The number of aliphatic hydroxyl groups excluding tert-OH is 1. The summed E-state index contributed by atoms with van der Waals surface area (Å²) < 4.78 is 0. The molecule has 0 aliphatic carbocycles. The van der Waals surface area contributed by atoms with Gasteiger partial charge in [0, 0.05) is 18.6 Å². The molecule has 0 aliphatic heterocycles. The third kappa shape index (κ3) is 3.41. The van der Waals surface area contributed by atoms with Crippen molar-refractivity contribution in [2.45, 2.75) is 13.2 Å². The van der Waals surface area contributed by atoms with E-state index in [0.29, 0.717) is 11.6 Å². The minimum Gasteiger partial charge on any atom is -0.392 e. The molecule has 0 heterocycles. The first kappa shape index (κ1) is 14.2. The minimum atomic E-state index is -0.00573. The summed E-state index contributed by atoms with van der Waals surface area (Å²) in [6.07, 6.45) is 0. The fourth-order valence-corrected chi connectivity index (χ4v) is 2.47. The molecule has 100 valence electrons. The molecule has 0 aromatic heterocycles. The lowest BCUT2D eigenvalue weighted by Crippen LogP contribution is -2.17. The zero-order chi connectivity index (χ0) is 13.8. The van der Waals surface area contributed by atoms with Crippen LogP contribution in [0.5, 0.6) is 0 Å². The molecule has 0 aliphatic rings. The molecule has 0 amide bonds. The molecule has 2 aromatic carbocycles. The van der Waals surface area contributed by atoms with E-state index in [9.17, 15) is 0 Å². The van der Waals surface area contributed by atoms with Crippen LogP contribution >= 0.6 is 23.2 Å². The van der Waals surface area contributed by atoms with E-state index in [0.717, 1.165) is 21.8 Å². The van der Waals surface area contributed by atoms with Gasteiger partial charge in [-0.25, -0.2) is 0 Å². The van der Waals surface area contributed by atoms with Crippen molar-refractivity contribution in [3.05, 3.63) is 63.6 Å². The van der Waals surface area contributed by atoms with E-state index in [4.69, 9.17) is 28.3 Å². The van der Waals surface area contributed by atoms with Crippen LogP contribution in [0.2, 0.25) is 10.0 Å². The van der Waals surface area contributed by atoms with Crippen molar-refractivity contribution < 1.29 is 5.11 Å². The van der Waals surface area contributed by atoms with Gasteiger partial charge in [-0.3, -0.25) is 0 Å². The quantitative estimate of drug-likeness (QED) is 0.917. The molecular formula is C15H15Cl2NO. The number of benzene rings is 2. The molecule has 2 rings (SSSR count). The maximum Gasteiger partial charge on any atom is 0.0682 e. The van der Waals surface area contributed by atoms with Crippen LogP contribution in [0.1, 0.15) is 11.1 Å². The van der Waals surface area contributed by atoms with Crippen molar-refractivity contribution in [3.63, 3.8) is 0 Å². The van der Waals surface area contributed by atoms with Crippen LogP contribution in [0.3, 0.4) is 0 Å². The van der Waals surface area contributed by atoms with Gasteiger partial charge in [0.1, 0.15) is 0 Å². The third-order valence-corrected chi connectivity index (χ3v) is 3.64. The molecule has 4 heteroatoms. The van der Waals surface area contributed by atoms with Gasteiger partial charge in [0.2, 0.25) is 0 Å². The van der Waals surface area contributed by atoms with E-state index < -0.39 is 0 Å². The van der Waals surface area contributed by atoms with Gasteiger partial charge in [0.05, 0.1) is 17.3 Å². The van der Waals surface area contributed by atoms with Crippen LogP contribution in [0.4, 0.5) is 5.69 Å². The lowest BCUT2D eigenvalue weighted by molar-refractivity contribution is 0.282. The van der Waals surface area contributed by atoms with E-state index in [1.165, 1.54) is 0 Å². The van der Waals surface area contributed by atoms with Gasteiger partial charge < -0.3 is 10.0 Å². The van der Waals surface area contributed by atoms with E-state index in [1.54, 1.807) is 6.07 Å². The van der Waals surface area contributed by atoms with E-state index in [1.807, 2.05) is 48.3 Å². The SMILES string of the molecule is CN(Cc1ccccc1Cl)c1ccc(CO)cc1Cl. The van der Waals surface area contributed by atoms with Crippen LogP contribution in [0, 0.1) is 0 Å². The smallest absolute Gasteiger partial charge is 0.0682 e. The molecule has 0 unspecified atom stereocenters. The second kappa shape index (κ2) is 6.29. The summed E-state index contributed by atoms with van der Waals surface area (Å²) in [6.45, 7) is 0.673. The topological polar surface area (TPSA) is 23.5 Å². The summed E-state index contributed by atoms with van der Waals surface area (Å²) in [5.41, 5.74) is 2.77. The highest BCUT2D eigenvalue weighted by Gasteiger charge is 2.09. The molecule has 0 fully saturated rings. The molecule has 0 radical (unpaired) electrons. The number of hydrogen-bond donors (Lipinski definition) is 1. The van der Waals surface area contributed by atoms with Crippen LogP contribution in [0.15, 0.2) is 42.5 Å². The van der Waals surface area contributed by atoms with Crippen molar-refractivity contribution >= 4 is 28.9 Å². The molecule has 0 bridgehead atoms. The summed E-state index contributed by atoms with van der Waals surface area (Å²) >= 11 is 12.4. The van der Waals surface area contributed by atoms with Crippen molar-refractivity contribution in [2.24, 2.45) is 0 Å². The van der Waals surface area contributed by atoms with E-state index in [2.05, 4.69) is 0 Å². The fraction of sp³-hybridized carbons (Fsp3) is 0.200. The van der Waals surface area contributed by atoms with Gasteiger partial charge in [0.25, 0.3) is 0 Å². The second-order valence-electron chi connectivity index (χ2n) is 4.39. The van der Waals surface area contributed by atoms with Gasteiger partial charge in [-0.1, -0.05) is 47.5 Å². The molecule has 0 atom stereocenters. The lowest BCUT2D eigenvalue weighted by atomic mass is 10.1. The Balaban J connectivity index is 2.21. The Morgan fingerprint density at radius 2 is 1.79 bits per heavy atom. The summed E-state index contributed by atoms with van der Waals surface area (Å²) in [5, 5.41) is 10.4. The summed E-state index contributed by atoms with van der Waals surface area (Å²) in [5.74, 6) is 0. The Labute approximate surface area is 123 Å². The zero-order valence-corrected chi connectivity index (χ0v) is 12.1. The first-order valence-corrected chi connectivity index (χ1v) is 6.71. The molecule has 19 heavy (non-hydrogen) atoms. The summed E-state index contributed by atoms with van der Waals surface area (Å²) in [4.78, 5) is 2.03. The first-order chi connectivity index (χ1) is 9.11. The van der Waals surface area contributed by atoms with Gasteiger partial charge in [-0.2, -0.15) is 0 Å². The highest BCUT2D eigenvalue weighted by molar-refractivity contribution is 6.33. The largest absolute Gasteiger partial charge is 0.392 e. The van der Waals surface area contributed by atoms with Gasteiger partial charge in [-0.15, -0.1) is 0 Å². The van der Waals surface area contributed by atoms with Crippen LogP contribution in [-0.4, -0.2) is 12.2 Å². The number of halogens is 2. The van der Waals surface area contributed by atoms with Gasteiger partial charge >= 0.3 is 0 Å². The molecule has 0 saturated carbocycles. The lowest BCUT2D eigenvalue weighted by Gasteiger charge is -2.21. The first-order valence-electron chi connectivity index (χ1n) is 5.95. The standard InChI is InChI=1S/C15H15Cl2NO/c1-18(9-12-4-2-3-5-13(12)16)15-7-6-11(10-19)8-14(15)17/h2-8,19H,9-10H2,1H3. The maximum atomic E-state index is 9.07. The highest BCUT2D eigenvalue weighted by atomic mass is 35.5. The minimum absolute atomic E-state index is 0.00573. The Morgan fingerprint density at radius 1 is 1.05 bits per heavy atom. The number of nitrogens with zero attached hydrogens (tertiary/aromatic N) is 1. The number of rotatable bonds is 4. The zero-order valence-electron chi connectivity index (χ0n) is 10.6. The molecule has 1 N–H and O–H groups in total. The Kier molecular flexibility index (Phi) is 4.70. The van der Waals surface area contributed by atoms with Crippen molar-refractivity contribution in [3.8, 4) is 0 Å². The summed E-state index contributed by atoms with van der Waals surface area (Å²) in [7, 11) is 1.96. The maximum absolute atomic E-state index is 9.07. The summed E-state index contributed by atoms with van der Waals surface area (Å²) in [6, 6.07) is 13.3. The molecule has 0 saturated heterocycles. The van der Waals surface area contributed by atoms with E-state index >= 15 is 0 Å². The predicted molar refractivity (Wildman–Crippen MR) is 80.9 cm³/mol. The van der Waals surface area contributed by atoms with Gasteiger partial charge in [-0.05, 0) is 29.3 Å². The molecule has 2 nitrogen and oxygen atoms in total. The Hall–Kier alpha value is -1.22. The average Bonchev–Trinajstić information content (AvgIpc) is 2.41. The Morgan fingerprint density at radius 3 is 2.42 bits per heavy atom. The highest BCUT2D eigenvalue weighted by Crippen LogP contribution is 2.28. The number of aliphatic hydroxyl groups is 1. The number of hydrogen-bond acceptors (Lipinski definition) is 2. The van der Waals surface area contributed by atoms with Crippen LogP contribution in [0.25, 0.3) is 0 Å². The monoisotopic (exact) mass is 295 g/mol. The van der Waals surface area contributed by atoms with Crippen LogP contribution < -0.4 is 4.90 Å². The Bertz CT molecular complexity index is 572. The van der Waals surface area contributed by atoms with Crippen molar-refractivity contribution in [1.29, 1.82) is 0 Å². The predicted octanol–water partition coefficient (Wildman–Crippen LogP) is 4.12. The average molecular weight is 296 g/mol. The normalized spacial score (nSPS) is 10.5. The van der Waals surface area contributed by atoms with Crippen molar-refractivity contribution in [2.75, 3.05) is 11.9 Å². The van der Waals surface area contributed by atoms with Crippen molar-refractivity contribution in [1.82, 2.24) is 0 Å². The molecule has 2 aromatic rings. The molecular weight excluding hydrogens is 281 g/mol. The van der Waals surface area contributed by atoms with Crippen LogP contribution in [-0.2, 0) is 13.2 Å². The second-order valence-corrected chi connectivity index (χ2v) is 5.21. The fourth-order valence-electron chi connectivity index (χ4n) is 1.93.